The zero-order chi connectivity index (χ0) is 20.7. The predicted octanol–water partition coefficient (Wildman–Crippen LogP) is 4.04. The van der Waals surface area contributed by atoms with Gasteiger partial charge in [0.1, 0.15) is 5.75 Å². The lowest BCUT2D eigenvalue weighted by molar-refractivity contribution is -0.692. The third-order valence-corrected chi connectivity index (χ3v) is 6.33. The molecule has 4 heteroatoms. The number of fused-ring (bicyclic) bond motifs is 3. The Bertz CT molecular complexity index is 1160. The lowest BCUT2D eigenvalue weighted by atomic mass is 9.83. The lowest BCUT2D eigenvalue weighted by Crippen LogP contribution is -2.88. The van der Waals surface area contributed by atoms with Gasteiger partial charge in [-0.2, -0.15) is 0 Å². The molecule has 0 saturated heterocycles. The van der Waals surface area contributed by atoms with E-state index >= 15 is 0 Å². The molecular formula is C26H28N3O+. The van der Waals surface area contributed by atoms with Crippen LogP contribution in [0.5, 0.6) is 5.75 Å². The number of hydrogen-bond donors (Lipinski definition) is 2. The molecule has 5 rings (SSSR count). The van der Waals surface area contributed by atoms with E-state index in [1.807, 2.05) is 0 Å². The molecule has 1 aromatic heterocycles. The largest absolute Gasteiger partial charge is 0.497 e. The average molecular weight is 399 g/mol. The predicted molar refractivity (Wildman–Crippen MR) is 123 cm³/mol. The van der Waals surface area contributed by atoms with Gasteiger partial charge in [-0.15, -0.1) is 0 Å². The van der Waals surface area contributed by atoms with Gasteiger partial charge >= 0.3 is 0 Å². The summed E-state index contributed by atoms with van der Waals surface area (Å²) >= 11 is 0. The maximum absolute atomic E-state index is 5.35. The third kappa shape index (κ3) is 3.14. The minimum Gasteiger partial charge on any atom is -0.497 e. The van der Waals surface area contributed by atoms with Crippen molar-refractivity contribution in [2.45, 2.75) is 12.0 Å². The molecule has 0 aliphatic carbocycles. The molecule has 0 bridgehead atoms. The summed E-state index contributed by atoms with van der Waals surface area (Å²) in [6.07, 6.45) is 0. The van der Waals surface area contributed by atoms with Gasteiger partial charge in [-0.1, -0.05) is 30.3 Å². The van der Waals surface area contributed by atoms with E-state index in [1.165, 1.54) is 39.0 Å². The molecule has 0 saturated carbocycles. The first-order chi connectivity index (χ1) is 14.7. The van der Waals surface area contributed by atoms with E-state index in [-0.39, 0.29) is 6.04 Å². The maximum atomic E-state index is 5.35. The highest BCUT2D eigenvalue weighted by atomic mass is 16.5. The first-order valence-corrected chi connectivity index (χ1v) is 10.5. The fourth-order valence-electron chi connectivity index (χ4n) is 4.73. The number of aromatic amines is 1. The van der Waals surface area contributed by atoms with Crippen molar-refractivity contribution in [2.24, 2.45) is 0 Å². The first-order valence-electron chi connectivity index (χ1n) is 10.5. The first kappa shape index (κ1) is 18.8. The minimum absolute atomic E-state index is 0.260. The second kappa shape index (κ2) is 7.54. The summed E-state index contributed by atoms with van der Waals surface area (Å²) in [7, 11) is 5.88. The molecule has 30 heavy (non-hydrogen) atoms. The van der Waals surface area contributed by atoms with Crippen molar-refractivity contribution >= 4 is 16.6 Å². The van der Waals surface area contributed by atoms with Crippen LogP contribution in [0.3, 0.4) is 0 Å². The van der Waals surface area contributed by atoms with Gasteiger partial charge < -0.3 is 19.9 Å². The Morgan fingerprint density at radius 1 is 0.900 bits per heavy atom. The summed E-state index contributed by atoms with van der Waals surface area (Å²) in [6, 6.07) is 26.4. The zero-order valence-electron chi connectivity index (χ0n) is 17.7. The van der Waals surface area contributed by atoms with Crippen LogP contribution in [0.4, 0.5) is 5.69 Å². The molecular weight excluding hydrogens is 370 g/mol. The molecule has 2 heterocycles. The standard InChI is InChI=1S/C26H27N3O/c1-29(2)19-12-8-17(9-13-19)22-16-27-25(18-10-14-20(30-3)15-11-18)26-24(22)21-6-4-5-7-23(21)28-26/h4-15,22,25,27-28H,16H2,1-3H3/p+1/t22-,25+/m0/s1. The molecule has 0 amide bonds. The Balaban J connectivity index is 1.61. The second-order valence-corrected chi connectivity index (χ2v) is 8.26. The van der Waals surface area contributed by atoms with E-state index in [9.17, 15) is 0 Å². The molecule has 4 nitrogen and oxygen atoms in total. The number of anilines is 1. The number of nitrogens with zero attached hydrogens (tertiary/aromatic N) is 1. The Morgan fingerprint density at radius 2 is 1.60 bits per heavy atom. The van der Waals surface area contributed by atoms with Crippen molar-refractivity contribution in [3.63, 3.8) is 0 Å². The van der Waals surface area contributed by atoms with Gasteiger partial charge in [-0.05, 0) is 48.0 Å². The summed E-state index contributed by atoms with van der Waals surface area (Å²) in [5.74, 6) is 1.26. The van der Waals surface area contributed by atoms with Crippen LogP contribution in [0, 0.1) is 0 Å². The molecule has 152 valence electrons. The molecule has 1 aliphatic heterocycles. The van der Waals surface area contributed by atoms with E-state index in [0.29, 0.717) is 5.92 Å². The number of rotatable bonds is 4. The second-order valence-electron chi connectivity index (χ2n) is 8.26. The maximum Gasteiger partial charge on any atom is 0.153 e. The summed E-state index contributed by atoms with van der Waals surface area (Å²) in [4.78, 5) is 5.90. The van der Waals surface area contributed by atoms with Gasteiger partial charge in [-0.3, -0.25) is 0 Å². The number of nitrogens with two attached hydrogens (primary N) is 1. The van der Waals surface area contributed by atoms with Gasteiger partial charge in [0.25, 0.3) is 0 Å². The molecule has 0 unspecified atom stereocenters. The van der Waals surface area contributed by atoms with E-state index < -0.39 is 0 Å². The Labute approximate surface area is 177 Å². The van der Waals surface area contributed by atoms with E-state index in [2.05, 4.69) is 102 Å². The Hall–Kier alpha value is -3.24. The van der Waals surface area contributed by atoms with Crippen molar-refractivity contribution in [1.82, 2.24) is 4.98 Å². The van der Waals surface area contributed by atoms with Crippen molar-refractivity contribution in [3.8, 4) is 5.75 Å². The number of aromatic nitrogens is 1. The fraction of sp³-hybridized carbons (Fsp3) is 0.231. The molecule has 4 aromatic rings. The van der Waals surface area contributed by atoms with Gasteiger partial charge in [-0.25, -0.2) is 0 Å². The molecule has 2 atom stereocenters. The summed E-state index contributed by atoms with van der Waals surface area (Å²) in [5.41, 5.74) is 7.86. The molecule has 0 spiro atoms. The fourth-order valence-corrected chi connectivity index (χ4v) is 4.73. The van der Waals surface area contributed by atoms with Crippen LogP contribution in [0.2, 0.25) is 0 Å². The lowest BCUT2D eigenvalue weighted by Gasteiger charge is -2.28. The number of hydrogen-bond acceptors (Lipinski definition) is 2. The SMILES string of the molecule is COc1ccc([C@H]2[NH2+]C[C@@H](c3ccc(N(C)C)cc3)c3c2[nH]c2ccccc32)cc1. The Kier molecular flexibility index (Phi) is 4.72. The number of quaternary nitrogens is 1. The summed E-state index contributed by atoms with van der Waals surface area (Å²) < 4.78 is 5.35. The van der Waals surface area contributed by atoms with Crippen molar-refractivity contribution in [1.29, 1.82) is 0 Å². The smallest absolute Gasteiger partial charge is 0.153 e. The van der Waals surface area contributed by atoms with E-state index in [4.69, 9.17) is 4.74 Å². The highest BCUT2D eigenvalue weighted by molar-refractivity contribution is 5.86. The van der Waals surface area contributed by atoms with E-state index in [1.54, 1.807) is 7.11 Å². The molecule has 0 radical (unpaired) electrons. The van der Waals surface area contributed by atoms with Crippen LogP contribution in [-0.2, 0) is 0 Å². The van der Waals surface area contributed by atoms with Crippen LogP contribution in [0.25, 0.3) is 10.9 Å². The Morgan fingerprint density at radius 3 is 2.30 bits per heavy atom. The van der Waals surface area contributed by atoms with Gasteiger partial charge in [0.15, 0.2) is 6.04 Å². The van der Waals surface area contributed by atoms with Crippen LogP contribution < -0.4 is 15.0 Å². The van der Waals surface area contributed by atoms with Crippen LogP contribution in [0.15, 0.2) is 72.8 Å². The topological polar surface area (TPSA) is 44.9 Å². The van der Waals surface area contributed by atoms with Gasteiger partial charge in [0, 0.05) is 41.8 Å². The number of nitrogens with one attached hydrogen (secondary N) is 1. The number of benzene rings is 3. The number of H-pyrrole nitrogens is 1. The highest BCUT2D eigenvalue weighted by Gasteiger charge is 2.35. The number of para-hydroxylation sites is 1. The summed E-state index contributed by atoms with van der Waals surface area (Å²) in [6.45, 7) is 1.02. The number of methoxy groups -OCH3 is 1. The van der Waals surface area contributed by atoms with Crippen molar-refractivity contribution in [3.05, 3.63) is 95.2 Å². The monoisotopic (exact) mass is 398 g/mol. The highest BCUT2D eigenvalue weighted by Crippen LogP contribution is 2.39. The molecule has 3 N–H and O–H groups in total. The molecule has 0 fully saturated rings. The minimum atomic E-state index is 0.260. The average Bonchev–Trinajstić information content (AvgIpc) is 3.18. The quantitative estimate of drug-likeness (QED) is 0.545. The van der Waals surface area contributed by atoms with E-state index in [0.717, 1.165) is 12.3 Å². The van der Waals surface area contributed by atoms with Gasteiger partial charge in [0.2, 0.25) is 0 Å². The van der Waals surface area contributed by atoms with Gasteiger partial charge in [0.05, 0.1) is 25.3 Å². The third-order valence-electron chi connectivity index (χ3n) is 6.33. The zero-order valence-corrected chi connectivity index (χ0v) is 17.7. The van der Waals surface area contributed by atoms with Crippen LogP contribution >= 0.6 is 0 Å². The summed E-state index contributed by atoms with van der Waals surface area (Å²) in [5, 5.41) is 3.80. The van der Waals surface area contributed by atoms with Crippen LogP contribution in [0.1, 0.15) is 34.3 Å². The number of ether oxygens (including phenoxy) is 1. The van der Waals surface area contributed by atoms with Crippen molar-refractivity contribution in [2.75, 3.05) is 32.6 Å². The van der Waals surface area contributed by atoms with Crippen LogP contribution in [-0.4, -0.2) is 32.7 Å². The molecule has 1 aliphatic rings. The molecule has 3 aromatic carbocycles. The normalized spacial score (nSPS) is 18.2. The van der Waals surface area contributed by atoms with Crippen molar-refractivity contribution < 1.29 is 10.1 Å².